The molecular weight excluding hydrogens is 188 g/mol. The Kier molecular flexibility index (Phi) is 5.47. The van der Waals surface area contributed by atoms with Crippen LogP contribution in [-0.4, -0.2) is 41.9 Å². The molecule has 6 heteroatoms. The van der Waals surface area contributed by atoms with Crippen LogP contribution in [0.3, 0.4) is 0 Å². The predicted molar refractivity (Wildman–Crippen MR) is 48.4 cm³/mol. The van der Waals surface area contributed by atoms with Gasteiger partial charge in [0, 0.05) is 6.54 Å². The molecule has 0 aromatic rings. The van der Waals surface area contributed by atoms with E-state index in [1.165, 1.54) is 13.8 Å². The van der Waals surface area contributed by atoms with Gasteiger partial charge in [0.05, 0.1) is 12.6 Å². The number of aliphatic hydroxyl groups excluding tert-OH is 1. The second-order valence-corrected chi connectivity index (χ2v) is 2.94. The van der Waals surface area contributed by atoms with Crippen LogP contribution in [0.5, 0.6) is 0 Å². The molecule has 1 unspecified atom stereocenters. The quantitative estimate of drug-likeness (QED) is 0.468. The summed E-state index contributed by atoms with van der Waals surface area (Å²) in [5, 5.41) is 13.1. The lowest BCUT2D eigenvalue weighted by Crippen LogP contribution is -2.43. The van der Waals surface area contributed by atoms with Crippen molar-refractivity contribution < 1.29 is 19.5 Å². The fourth-order valence-electron chi connectivity index (χ4n) is 0.606. The number of Topliss-reactive ketones (excluding diaryl/α,β-unsaturated/α-hetero) is 1. The van der Waals surface area contributed by atoms with Crippen LogP contribution in [0.4, 0.5) is 0 Å². The van der Waals surface area contributed by atoms with Crippen molar-refractivity contribution in [3.05, 3.63) is 0 Å². The highest BCUT2D eigenvalue weighted by Gasteiger charge is 2.13. The number of aliphatic hydroxyl groups is 1. The molecular formula is C8H14N2O4. The van der Waals surface area contributed by atoms with Gasteiger partial charge >= 0.3 is 11.8 Å². The Hall–Kier alpha value is -1.43. The molecule has 1 atom stereocenters. The Balaban J connectivity index is 3.77. The summed E-state index contributed by atoms with van der Waals surface area (Å²) >= 11 is 0. The predicted octanol–water partition coefficient (Wildman–Crippen LogP) is -1.81. The van der Waals surface area contributed by atoms with Crippen LogP contribution in [-0.2, 0) is 14.4 Å². The van der Waals surface area contributed by atoms with Crippen LogP contribution in [0.1, 0.15) is 13.8 Å². The molecule has 14 heavy (non-hydrogen) atoms. The molecule has 0 aliphatic heterocycles. The summed E-state index contributed by atoms with van der Waals surface area (Å²) in [5.41, 5.74) is 0. The number of carbonyl (C=O) groups is 3. The van der Waals surface area contributed by atoms with Gasteiger partial charge in [0.25, 0.3) is 0 Å². The zero-order chi connectivity index (χ0) is 11.1. The number of carbonyl (C=O) groups excluding carboxylic acids is 3. The third kappa shape index (κ3) is 6.13. The number of ketones is 1. The van der Waals surface area contributed by atoms with E-state index in [-0.39, 0.29) is 18.9 Å². The highest BCUT2D eigenvalue weighted by molar-refractivity contribution is 6.35. The standard InChI is InChI=1S/C8H14N2O4/c1-5(11)3-9-7(13)8(14)10-4-6(2)12/h5,11H,3-4H2,1-2H3,(H,9,13)(H,10,14). The zero-order valence-corrected chi connectivity index (χ0v) is 8.16. The van der Waals surface area contributed by atoms with Crippen molar-refractivity contribution in [2.24, 2.45) is 0 Å². The Bertz CT molecular complexity index is 237. The number of amides is 2. The summed E-state index contributed by atoms with van der Waals surface area (Å²) in [6, 6.07) is 0. The molecule has 0 saturated carbocycles. The van der Waals surface area contributed by atoms with Crippen molar-refractivity contribution in [3.63, 3.8) is 0 Å². The van der Waals surface area contributed by atoms with E-state index >= 15 is 0 Å². The van der Waals surface area contributed by atoms with E-state index in [4.69, 9.17) is 5.11 Å². The van der Waals surface area contributed by atoms with Crippen molar-refractivity contribution in [2.45, 2.75) is 20.0 Å². The molecule has 0 radical (unpaired) electrons. The average Bonchev–Trinajstić information content (AvgIpc) is 2.09. The number of nitrogens with one attached hydrogen (secondary N) is 2. The lowest BCUT2D eigenvalue weighted by molar-refractivity contribution is -0.139. The second kappa shape index (κ2) is 6.09. The van der Waals surface area contributed by atoms with Gasteiger partial charge in [-0.2, -0.15) is 0 Å². The molecule has 0 aromatic heterocycles. The fraction of sp³-hybridized carbons (Fsp3) is 0.625. The van der Waals surface area contributed by atoms with Crippen LogP contribution in [0.25, 0.3) is 0 Å². The number of hydrogen-bond acceptors (Lipinski definition) is 4. The molecule has 0 aromatic carbocycles. The first-order valence-corrected chi connectivity index (χ1v) is 4.17. The summed E-state index contributed by atoms with van der Waals surface area (Å²) in [6.45, 7) is 2.62. The molecule has 3 N–H and O–H groups in total. The lowest BCUT2D eigenvalue weighted by atomic mass is 10.4. The summed E-state index contributed by atoms with van der Waals surface area (Å²) in [6.07, 6.45) is -0.709. The Morgan fingerprint density at radius 2 is 1.71 bits per heavy atom. The normalized spacial score (nSPS) is 11.6. The van der Waals surface area contributed by atoms with Gasteiger partial charge in [-0.15, -0.1) is 0 Å². The summed E-state index contributed by atoms with van der Waals surface area (Å²) in [5.74, 6) is -1.96. The van der Waals surface area contributed by atoms with E-state index in [9.17, 15) is 14.4 Å². The fourth-order valence-corrected chi connectivity index (χ4v) is 0.606. The van der Waals surface area contributed by atoms with Gasteiger partial charge in [0.2, 0.25) is 0 Å². The van der Waals surface area contributed by atoms with Crippen molar-refractivity contribution in [1.82, 2.24) is 10.6 Å². The minimum Gasteiger partial charge on any atom is -0.392 e. The largest absolute Gasteiger partial charge is 0.392 e. The maximum absolute atomic E-state index is 10.9. The Morgan fingerprint density at radius 3 is 2.14 bits per heavy atom. The Labute approximate surface area is 81.7 Å². The molecule has 0 aliphatic carbocycles. The molecule has 0 rings (SSSR count). The minimum absolute atomic E-state index is 0.00627. The zero-order valence-electron chi connectivity index (χ0n) is 8.16. The van der Waals surface area contributed by atoms with Crippen LogP contribution >= 0.6 is 0 Å². The van der Waals surface area contributed by atoms with Gasteiger partial charge in [-0.25, -0.2) is 0 Å². The SMILES string of the molecule is CC(=O)CNC(=O)C(=O)NCC(C)O. The monoisotopic (exact) mass is 202 g/mol. The van der Waals surface area contributed by atoms with E-state index in [2.05, 4.69) is 10.6 Å². The van der Waals surface area contributed by atoms with Crippen LogP contribution in [0.2, 0.25) is 0 Å². The first-order valence-electron chi connectivity index (χ1n) is 4.17. The molecule has 6 nitrogen and oxygen atoms in total. The van der Waals surface area contributed by atoms with Gasteiger partial charge < -0.3 is 15.7 Å². The van der Waals surface area contributed by atoms with E-state index in [1.807, 2.05) is 0 Å². The van der Waals surface area contributed by atoms with E-state index in [0.717, 1.165) is 0 Å². The molecule has 0 saturated heterocycles. The maximum atomic E-state index is 10.9. The molecule has 0 fully saturated rings. The molecule has 80 valence electrons. The van der Waals surface area contributed by atoms with Crippen molar-refractivity contribution in [1.29, 1.82) is 0 Å². The van der Waals surface area contributed by atoms with Gasteiger partial charge in [-0.05, 0) is 13.8 Å². The second-order valence-electron chi connectivity index (χ2n) is 2.94. The summed E-state index contributed by atoms with van der Waals surface area (Å²) in [7, 11) is 0. The van der Waals surface area contributed by atoms with E-state index in [0.29, 0.717) is 0 Å². The van der Waals surface area contributed by atoms with E-state index < -0.39 is 17.9 Å². The molecule has 0 bridgehead atoms. The van der Waals surface area contributed by atoms with Crippen LogP contribution < -0.4 is 10.6 Å². The molecule has 0 spiro atoms. The third-order valence-electron chi connectivity index (χ3n) is 1.26. The van der Waals surface area contributed by atoms with Crippen molar-refractivity contribution >= 4 is 17.6 Å². The number of rotatable bonds is 4. The van der Waals surface area contributed by atoms with Gasteiger partial charge in [-0.1, -0.05) is 0 Å². The topological polar surface area (TPSA) is 95.5 Å². The van der Waals surface area contributed by atoms with Crippen molar-refractivity contribution in [2.75, 3.05) is 13.1 Å². The maximum Gasteiger partial charge on any atom is 0.309 e. The molecule has 2 amide bonds. The smallest absolute Gasteiger partial charge is 0.309 e. The first kappa shape index (κ1) is 12.6. The van der Waals surface area contributed by atoms with Gasteiger partial charge in [0.15, 0.2) is 0 Å². The van der Waals surface area contributed by atoms with Crippen LogP contribution in [0.15, 0.2) is 0 Å². The van der Waals surface area contributed by atoms with Gasteiger partial charge in [-0.3, -0.25) is 14.4 Å². The highest BCUT2D eigenvalue weighted by atomic mass is 16.3. The summed E-state index contributed by atoms with van der Waals surface area (Å²) < 4.78 is 0. The Morgan fingerprint density at radius 1 is 1.21 bits per heavy atom. The average molecular weight is 202 g/mol. The minimum atomic E-state index is -0.874. The van der Waals surface area contributed by atoms with Gasteiger partial charge in [0.1, 0.15) is 5.78 Å². The lowest BCUT2D eigenvalue weighted by Gasteiger charge is -2.06. The first-order chi connectivity index (χ1) is 6.43. The van der Waals surface area contributed by atoms with E-state index in [1.54, 1.807) is 0 Å². The van der Waals surface area contributed by atoms with Crippen LogP contribution in [0, 0.1) is 0 Å². The summed E-state index contributed by atoms with van der Waals surface area (Å²) in [4.78, 5) is 32.3. The van der Waals surface area contributed by atoms with Crippen molar-refractivity contribution in [3.8, 4) is 0 Å². The molecule has 0 heterocycles. The third-order valence-corrected chi connectivity index (χ3v) is 1.26. The highest BCUT2D eigenvalue weighted by Crippen LogP contribution is 1.76. The molecule has 0 aliphatic rings. The number of hydrogen-bond donors (Lipinski definition) is 3.